The van der Waals surface area contributed by atoms with Gasteiger partial charge in [0, 0.05) is 0 Å². The van der Waals surface area contributed by atoms with E-state index in [1.807, 2.05) is 48.5 Å². The van der Waals surface area contributed by atoms with E-state index in [9.17, 15) is 14.7 Å². The normalized spacial score (nSPS) is 13.5. The van der Waals surface area contributed by atoms with Gasteiger partial charge >= 0.3 is 164 Å². The maximum absolute atomic E-state index is 13.1. The fourth-order valence-electron chi connectivity index (χ4n) is 3.73. The van der Waals surface area contributed by atoms with Crippen LogP contribution in [0.5, 0.6) is 5.75 Å². The summed E-state index contributed by atoms with van der Waals surface area (Å²) in [5.41, 5.74) is 1.23. The van der Waals surface area contributed by atoms with E-state index in [0.717, 1.165) is 27.5 Å². The number of fused-ring (bicyclic) bond motifs is 2. The molecule has 0 amide bonds. The number of aromatic hydroxyl groups is 1. The van der Waals surface area contributed by atoms with Crippen LogP contribution < -0.4 is 32.4 Å². The minimum atomic E-state index is -0.958. The van der Waals surface area contributed by atoms with Crippen molar-refractivity contribution >= 4 is 21.9 Å². The van der Waals surface area contributed by atoms with E-state index in [-0.39, 0.29) is 25.8 Å². The number of hydrogen-bond acceptors (Lipinski definition) is 4. The number of benzene rings is 2. The molecule has 2 aromatic carbocycles. The van der Waals surface area contributed by atoms with Crippen molar-refractivity contribution in [3.63, 3.8) is 0 Å². The first-order chi connectivity index (χ1) is 13.1. The summed E-state index contributed by atoms with van der Waals surface area (Å²) in [4.78, 5) is 25.8. The molecule has 0 atom stereocenters. The molecular formula is C21H15INO4-. The first kappa shape index (κ1) is 16.6. The third-order valence-electron chi connectivity index (χ3n) is 4.90. The summed E-state index contributed by atoms with van der Waals surface area (Å²) in [5, 5.41) is 11.7. The van der Waals surface area contributed by atoms with Gasteiger partial charge in [0.2, 0.25) is 0 Å². The molecule has 0 bridgehead atoms. The van der Waals surface area contributed by atoms with E-state index < -0.39 is 26.8 Å². The average molecular weight is 472 g/mol. The fraction of sp³-hybridized carbons (Fsp3) is 0.143. The van der Waals surface area contributed by atoms with Crippen LogP contribution in [0.1, 0.15) is 12.0 Å². The van der Waals surface area contributed by atoms with Crippen molar-refractivity contribution in [3.8, 4) is 5.75 Å². The quantitative estimate of drug-likeness (QED) is 0.327. The molecular weight excluding hydrogens is 457 g/mol. The van der Waals surface area contributed by atoms with Crippen LogP contribution in [-0.4, -0.2) is 9.67 Å². The van der Waals surface area contributed by atoms with Gasteiger partial charge in [0.15, 0.2) is 0 Å². The second-order valence-corrected chi connectivity index (χ2v) is 9.38. The molecule has 1 aliphatic rings. The number of aryl methyl sites for hydroxylation is 2. The predicted octanol–water partition coefficient (Wildman–Crippen LogP) is -0.112. The Hall–Kier alpha value is -2.61. The van der Waals surface area contributed by atoms with Crippen molar-refractivity contribution in [2.24, 2.45) is 0 Å². The van der Waals surface area contributed by atoms with Gasteiger partial charge in [-0.1, -0.05) is 0 Å². The summed E-state index contributed by atoms with van der Waals surface area (Å²) in [7, 11) is 0. The zero-order valence-corrected chi connectivity index (χ0v) is 16.4. The van der Waals surface area contributed by atoms with Crippen molar-refractivity contribution in [1.29, 1.82) is 0 Å². The summed E-state index contributed by atoms with van der Waals surface area (Å²) in [6.07, 6.45) is 1.76. The Kier molecular flexibility index (Phi) is 3.82. The average Bonchev–Trinajstić information content (AvgIpc) is 2.69. The van der Waals surface area contributed by atoms with Gasteiger partial charge in [-0.05, 0) is 0 Å². The fourth-order valence-corrected chi connectivity index (χ4v) is 5.99. The summed E-state index contributed by atoms with van der Waals surface area (Å²) in [6.45, 7) is 0.601. The molecule has 0 spiro atoms. The zero-order valence-electron chi connectivity index (χ0n) is 14.2. The molecule has 5 nitrogen and oxygen atoms in total. The van der Waals surface area contributed by atoms with Crippen molar-refractivity contribution in [2.45, 2.75) is 19.4 Å². The second kappa shape index (κ2) is 6.23. The predicted molar refractivity (Wildman–Crippen MR) is 98.1 cm³/mol. The Balaban J connectivity index is 1.88. The third-order valence-corrected chi connectivity index (χ3v) is 7.74. The molecule has 0 saturated carbocycles. The molecule has 1 aliphatic heterocycles. The molecule has 0 fully saturated rings. The van der Waals surface area contributed by atoms with E-state index in [4.69, 9.17) is 4.42 Å². The van der Waals surface area contributed by atoms with Crippen molar-refractivity contribution in [2.75, 3.05) is 0 Å². The van der Waals surface area contributed by atoms with Gasteiger partial charge < -0.3 is 0 Å². The Bertz CT molecular complexity index is 1320. The van der Waals surface area contributed by atoms with E-state index in [1.165, 1.54) is 0 Å². The number of hydrogen-bond donors (Lipinski definition) is 1. The van der Waals surface area contributed by atoms with Crippen molar-refractivity contribution in [1.82, 2.24) is 4.57 Å². The summed E-state index contributed by atoms with van der Waals surface area (Å²) in [5.74, 6) is -0.218. The van der Waals surface area contributed by atoms with Gasteiger partial charge in [0.25, 0.3) is 0 Å². The Morgan fingerprint density at radius 2 is 1.85 bits per heavy atom. The Labute approximate surface area is 164 Å². The molecule has 0 unspecified atom stereocenters. The van der Waals surface area contributed by atoms with Crippen LogP contribution in [0.25, 0.3) is 21.9 Å². The van der Waals surface area contributed by atoms with Crippen LogP contribution >= 0.6 is 0 Å². The minimum absolute atomic E-state index is 0.117. The van der Waals surface area contributed by atoms with Gasteiger partial charge in [-0.25, -0.2) is 0 Å². The van der Waals surface area contributed by atoms with E-state index in [1.54, 1.807) is 4.57 Å². The number of para-hydroxylation sites is 1. The van der Waals surface area contributed by atoms with E-state index in [0.29, 0.717) is 11.9 Å². The first-order valence-electron chi connectivity index (χ1n) is 8.69. The number of nitrogens with zero attached hydrogens (tertiary/aromatic N) is 1. The molecule has 4 aromatic rings. The molecule has 27 heavy (non-hydrogen) atoms. The monoisotopic (exact) mass is 472 g/mol. The van der Waals surface area contributed by atoms with Crippen molar-refractivity contribution < 1.29 is 30.7 Å². The van der Waals surface area contributed by atoms with Crippen LogP contribution in [0.2, 0.25) is 0 Å². The molecule has 1 N–H and O–H groups in total. The first-order valence-corrected chi connectivity index (χ1v) is 10.8. The van der Waals surface area contributed by atoms with Crippen LogP contribution in [-0.2, 0) is 13.0 Å². The molecule has 6 heteroatoms. The molecule has 5 rings (SSSR count). The molecule has 3 heterocycles. The van der Waals surface area contributed by atoms with Crippen molar-refractivity contribution in [3.05, 3.63) is 82.0 Å². The molecule has 0 aliphatic carbocycles. The SMILES string of the molecule is O=c1oc2c(c(O)c1[I-]c1ccccc1)c(=O)n1c3c(cccc23)CCC1. The molecule has 2 aromatic heterocycles. The Morgan fingerprint density at radius 3 is 2.67 bits per heavy atom. The maximum atomic E-state index is 13.1. The van der Waals surface area contributed by atoms with Gasteiger partial charge in [0.1, 0.15) is 0 Å². The van der Waals surface area contributed by atoms with Gasteiger partial charge in [-0.15, -0.1) is 0 Å². The summed E-state index contributed by atoms with van der Waals surface area (Å²) >= 11 is -0.958. The van der Waals surface area contributed by atoms with Crippen LogP contribution in [0.3, 0.4) is 0 Å². The zero-order chi connectivity index (χ0) is 18.5. The van der Waals surface area contributed by atoms with Gasteiger partial charge in [0.05, 0.1) is 0 Å². The third kappa shape index (κ3) is 2.50. The number of aromatic nitrogens is 1. The van der Waals surface area contributed by atoms with Crippen LogP contribution in [0, 0.1) is 7.14 Å². The van der Waals surface area contributed by atoms with E-state index >= 15 is 0 Å². The number of halogens is 1. The standard InChI is InChI=1S/C21H15INO4/c24-18-15-19(27-21(26)16(18)22-13-8-2-1-3-9-13)14-10-4-6-12-7-5-11-23(17(12)14)20(15)25/h1-4,6,8-10,24H,5,7,11H2/q-1. The molecule has 0 saturated heterocycles. The molecule has 0 radical (unpaired) electrons. The van der Waals surface area contributed by atoms with Gasteiger partial charge in [-0.2, -0.15) is 0 Å². The van der Waals surface area contributed by atoms with E-state index in [2.05, 4.69) is 0 Å². The summed E-state index contributed by atoms with van der Waals surface area (Å²) in [6, 6.07) is 15.3. The summed E-state index contributed by atoms with van der Waals surface area (Å²) < 4.78 is 8.53. The topological polar surface area (TPSA) is 72.4 Å². The van der Waals surface area contributed by atoms with Crippen LogP contribution in [0.4, 0.5) is 0 Å². The number of pyridine rings is 1. The van der Waals surface area contributed by atoms with Gasteiger partial charge in [-0.3, -0.25) is 0 Å². The number of rotatable bonds is 2. The van der Waals surface area contributed by atoms with Crippen LogP contribution in [0.15, 0.2) is 62.5 Å². The second-order valence-electron chi connectivity index (χ2n) is 6.52. The molecule has 136 valence electrons. The Morgan fingerprint density at radius 1 is 1.04 bits per heavy atom.